The van der Waals surface area contributed by atoms with Crippen LogP contribution in [0.25, 0.3) is 0 Å². The Labute approximate surface area is 161 Å². The van der Waals surface area contributed by atoms with Crippen molar-refractivity contribution in [2.45, 2.75) is 18.9 Å². The van der Waals surface area contributed by atoms with Gasteiger partial charge in [0.15, 0.2) is 0 Å². The summed E-state index contributed by atoms with van der Waals surface area (Å²) >= 11 is 0. The molecule has 4 rings (SSSR count). The lowest BCUT2D eigenvalue weighted by Gasteiger charge is -2.25. The van der Waals surface area contributed by atoms with Crippen LogP contribution in [0.4, 0.5) is 5.69 Å². The third-order valence-electron chi connectivity index (χ3n) is 5.22. The molecule has 7 heteroatoms. The molecule has 0 saturated carbocycles. The van der Waals surface area contributed by atoms with Crippen molar-refractivity contribution in [3.05, 3.63) is 65.2 Å². The van der Waals surface area contributed by atoms with E-state index >= 15 is 0 Å². The summed E-state index contributed by atoms with van der Waals surface area (Å²) in [5, 5.41) is 2.60. The fourth-order valence-corrected chi connectivity index (χ4v) is 3.84. The molecule has 0 radical (unpaired) electrons. The maximum atomic E-state index is 13.0. The van der Waals surface area contributed by atoms with Crippen LogP contribution in [0.5, 0.6) is 0 Å². The van der Waals surface area contributed by atoms with Gasteiger partial charge in [-0.05, 0) is 23.8 Å². The summed E-state index contributed by atoms with van der Waals surface area (Å²) in [6.45, 7) is -0.0235. The molecule has 0 aromatic heterocycles. The highest BCUT2D eigenvalue weighted by molar-refractivity contribution is 6.21. The van der Waals surface area contributed by atoms with E-state index in [1.54, 1.807) is 30.3 Å². The van der Waals surface area contributed by atoms with Gasteiger partial charge in [0.1, 0.15) is 6.04 Å². The van der Waals surface area contributed by atoms with Crippen molar-refractivity contribution in [3.63, 3.8) is 0 Å². The van der Waals surface area contributed by atoms with Crippen molar-refractivity contribution >= 4 is 29.3 Å². The van der Waals surface area contributed by atoms with Crippen LogP contribution in [0.15, 0.2) is 48.5 Å². The fraction of sp³-hybridized carbons (Fsp3) is 0.238. The molecule has 28 heavy (non-hydrogen) atoms. The first-order valence-electron chi connectivity index (χ1n) is 9.09. The summed E-state index contributed by atoms with van der Waals surface area (Å²) in [4.78, 5) is 52.8. The average molecular weight is 377 g/mol. The molecule has 2 aromatic carbocycles. The topological polar surface area (TPSA) is 86.8 Å². The Bertz CT molecular complexity index is 966. The van der Waals surface area contributed by atoms with Gasteiger partial charge in [-0.3, -0.25) is 29.0 Å². The molecule has 1 N–H and O–H groups in total. The SMILES string of the molecule is CNC(=O)C1Cc2ccccc2N1C(=O)CCN1C(=O)c2ccccc2C1=O. The van der Waals surface area contributed by atoms with Crippen LogP contribution in [0.3, 0.4) is 0 Å². The minimum Gasteiger partial charge on any atom is -0.357 e. The molecule has 0 spiro atoms. The Morgan fingerprint density at radius 2 is 1.61 bits per heavy atom. The largest absolute Gasteiger partial charge is 0.357 e. The molecule has 0 saturated heterocycles. The zero-order valence-electron chi connectivity index (χ0n) is 15.3. The van der Waals surface area contributed by atoms with E-state index in [1.807, 2.05) is 18.2 Å². The summed E-state index contributed by atoms with van der Waals surface area (Å²) < 4.78 is 0. The highest BCUT2D eigenvalue weighted by Gasteiger charge is 2.39. The number of carbonyl (C=O) groups excluding carboxylic acids is 4. The zero-order chi connectivity index (χ0) is 19.8. The molecule has 7 nitrogen and oxygen atoms in total. The molecule has 142 valence electrons. The van der Waals surface area contributed by atoms with Gasteiger partial charge in [0.05, 0.1) is 11.1 Å². The van der Waals surface area contributed by atoms with Gasteiger partial charge in [-0.25, -0.2) is 0 Å². The molecule has 1 unspecified atom stereocenters. The van der Waals surface area contributed by atoms with Crippen molar-refractivity contribution in [3.8, 4) is 0 Å². The number of nitrogens with zero attached hydrogens (tertiary/aromatic N) is 2. The van der Waals surface area contributed by atoms with Crippen LogP contribution in [-0.2, 0) is 16.0 Å². The molecule has 0 bridgehead atoms. The van der Waals surface area contributed by atoms with E-state index in [1.165, 1.54) is 11.9 Å². The molecule has 0 aliphatic carbocycles. The van der Waals surface area contributed by atoms with Crippen LogP contribution < -0.4 is 10.2 Å². The second-order valence-corrected chi connectivity index (χ2v) is 6.78. The lowest BCUT2D eigenvalue weighted by Crippen LogP contribution is -2.48. The number of hydrogen-bond donors (Lipinski definition) is 1. The highest BCUT2D eigenvalue weighted by atomic mass is 16.2. The molecule has 2 aliphatic heterocycles. The molecule has 2 aliphatic rings. The van der Waals surface area contributed by atoms with Gasteiger partial charge in [-0.15, -0.1) is 0 Å². The smallest absolute Gasteiger partial charge is 0.261 e. The lowest BCUT2D eigenvalue weighted by atomic mass is 10.1. The number of likely N-dealkylation sites (N-methyl/N-ethyl adjacent to an activating group) is 1. The number of rotatable bonds is 4. The van der Waals surface area contributed by atoms with Gasteiger partial charge in [-0.1, -0.05) is 30.3 Å². The second kappa shape index (κ2) is 6.92. The molecule has 0 fully saturated rings. The highest BCUT2D eigenvalue weighted by Crippen LogP contribution is 2.33. The second-order valence-electron chi connectivity index (χ2n) is 6.78. The monoisotopic (exact) mass is 377 g/mol. The Morgan fingerprint density at radius 3 is 2.25 bits per heavy atom. The number of nitrogens with one attached hydrogen (secondary N) is 1. The van der Waals surface area contributed by atoms with Crippen molar-refractivity contribution in [1.82, 2.24) is 10.2 Å². The third-order valence-corrected chi connectivity index (χ3v) is 5.22. The number of amides is 4. The molecular formula is C21H19N3O4. The Balaban J connectivity index is 1.53. The first-order chi connectivity index (χ1) is 13.5. The minimum atomic E-state index is -0.628. The van der Waals surface area contributed by atoms with Gasteiger partial charge in [0, 0.05) is 32.1 Å². The predicted octanol–water partition coefficient (Wildman–Crippen LogP) is 1.38. The first kappa shape index (κ1) is 17.9. The van der Waals surface area contributed by atoms with Crippen molar-refractivity contribution in [2.75, 3.05) is 18.5 Å². The summed E-state index contributed by atoms with van der Waals surface area (Å²) in [7, 11) is 1.53. The number of anilines is 1. The molecule has 1 atom stereocenters. The lowest BCUT2D eigenvalue weighted by molar-refractivity contribution is -0.125. The first-order valence-corrected chi connectivity index (χ1v) is 9.09. The van der Waals surface area contributed by atoms with Crippen LogP contribution in [0.2, 0.25) is 0 Å². The molecule has 2 aromatic rings. The average Bonchev–Trinajstić information content (AvgIpc) is 3.22. The van der Waals surface area contributed by atoms with Crippen LogP contribution in [0.1, 0.15) is 32.7 Å². The van der Waals surface area contributed by atoms with E-state index in [9.17, 15) is 19.2 Å². The number of imide groups is 1. The van der Waals surface area contributed by atoms with Crippen molar-refractivity contribution < 1.29 is 19.2 Å². The van der Waals surface area contributed by atoms with Crippen molar-refractivity contribution in [1.29, 1.82) is 0 Å². The van der Waals surface area contributed by atoms with E-state index in [4.69, 9.17) is 0 Å². The Kier molecular flexibility index (Phi) is 4.43. The van der Waals surface area contributed by atoms with E-state index in [-0.39, 0.29) is 24.8 Å². The van der Waals surface area contributed by atoms with E-state index in [2.05, 4.69) is 5.32 Å². The Morgan fingerprint density at radius 1 is 1.00 bits per heavy atom. The van der Waals surface area contributed by atoms with Gasteiger partial charge in [0.25, 0.3) is 11.8 Å². The standard InChI is InChI=1S/C21H19N3O4/c1-22-19(26)17-12-13-6-2-5-9-16(13)24(17)18(25)10-11-23-20(27)14-7-3-4-8-15(14)21(23)28/h2-9,17H,10-12H2,1H3,(H,22,26). The number of benzene rings is 2. The summed E-state index contributed by atoms with van der Waals surface area (Å²) in [5.41, 5.74) is 2.33. The van der Waals surface area contributed by atoms with E-state index < -0.39 is 17.9 Å². The maximum absolute atomic E-state index is 13.0. The number of hydrogen-bond acceptors (Lipinski definition) is 4. The molecule has 4 amide bonds. The van der Waals surface area contributed by atoms with Crippen molar-refractivity contribution in [2.24, 2.45) is 0 Å². The fourth-order valence-electron chi connectivity index (χ4n) is 3.84. The predicted molar refractivity (Wildman–Crippen MR) is 102 cm³/mol. The van der Waals surface area contributed by atoms with Gasteiger partial charge in [-0.2, -0.15) is 0 Å². The summed E-state index contributed by atoms with van der Waals surface area (Å²) in [5.74, 6) is -1.32. The Hall–Kier alpha value is -3.48. The van der Waals surface area contributed by atoms with Gasteiger partial charge >= 0.3 is 0 Å². The molecule has 2 heterocycles. The summed E-state index contributed by atoms with van der Waals surface area (Å²) in [6.07, 6.45) is 0.391. The quantitative estimate of drug-likeness (QED) is 0.816. The maximum Gasteiger partial charge on any atom is 0.261 e. The van der Waals surface area contributed by atoms with Gasteiger partial charge < -0.3 is 5.32 Å². The van der Waals surface area contributed by atoms with Crippen LogP contribution in [0, 0.1) is 0 Å². The molecular weight excluding hydrogens is 358 g/mol. The van der Waals surface area contributed by atoms with E-state index in [0.717, 1.165) is 10.5 Å². The minimum absolute atomic E-state index is 0.0235. The van der Waals surface area contributed by atoms with Crippen LogP contribution >= 0.6 is 0 Å². The normalized spacial score (nSPS) is 17.5. The number of para-hydroxylation sites is 1. The van der Waals surface area contributed by atoms with Gasteiger partial charge in [0.2, 0.25) is 11.8 Å². The van der Waals surface area contributed by atoms with E-state index in [0.29, 0.717) is 23.2 Å². The number of carbonyl (C=O) groups is 4. The van der Waals surface area contributed by atoms with Crippen LogP contribution in [-0.4, -0.2) is 48.2 Å². The number of fused-ring (bicyclic) bond motifs is 2. The zero-order valence-corrected chi connectivity index (χ0v) is 15.3. The third kappa shape index (κ3) is 2.76. The summed E-state index contributed by atoms with van der Waals surface area (Å²) in [6, 6.07) is 13.4.